The largest absolute Gasteiger partial charge is 0.383 e. The maximum atomic E-state index is 5.40. The lowest BCUT2D eigenvalue weighted by atomic mass is 9.96. The molecule has 0 saturated carbocycles. The first-order valence-corrected chi connectivity index (χ1v) is 8.47. The summed E-state index contributed by atoms with van der Waals surface area (Å²) in [5, 5.41) is 4.07. The number of aryl methyl sites for hydroxylation is 1. The predicted molar refractivity (Wildman–Crippen MR) is 87.2 cm³/mol. The molecule has 6 nitrogen and oxygen atoms in total. The van der Waals surface area contributed by atoms with Crippen molar-refractivity contribution in [2.75, 3.05) is 26.8 Å². The summed E-state index contributed by atoms with van der Waals surface area (Å²) in [7, 11) is 1.74. The molecule has 0 aliphatic carbocycles. The minimum absolute atomic E-state index is 0.541. The SMILES string of the molecule is CCc1cc(CN2CCC(c3nccn3CCOC)CC2)on1. The average molecular weight is 318 g/mol. The molecule has 0 atom stereocenters. The summed E-state index contributed by atoms with van der Waals surface area (Å²) in [5.74, 6) is 2.72. The molecule has 0 unspecified atom stereocenters. The molecule has 0 N–H and O–H groups in total. The lowest BCUT2D eigenvalue weighted by Crippen LogP contribution is -2.33. The first-order chi connectivity index (χ1) is 11.3. The lowest BCUT2D eigenvalue weighted by Gasteiger charge is -2.31. The van der Waals surface area contributed by atoms with Crippen molar-refractivity contribution >= 4 is 0 Å². The van der Waals surface area contributed by atoms with Gasteiger partial charge in [0.2, 0.25) is 0 Å². The average Bonchev–Trinajstić information content (AvgIpc) is 3.22. The first kappa shape index (κ1) is 16.2. The molecule has 1 aliphatic rings. The van der Waals surface area contributed by atoms with Gasteiger partial charge in [0.15, 0.2) is 5.76 Å². The Morgan fingerprint density at radius 3 is 2.87 bits per heavy atom. The van der Waals surface area contributed by atoms with Crippen molar-refractivity contribution in [2.24, 2.45) is 0 Å². The normalized spacial score (nSPS) is 17.0. The molecule has 1 aliphatic heterocycles. The summed E-state index contributed by atoms with van der Waals surface area (Å²) in [6, 6.07) is 2.07. The molecule has 1 saturated heterocycles. The molecule has 0 bridgehead atoms. The maximum Gasteiger partial charge on any atom is 0.150 e. The van der Waals surface area contributed by atoms with E-state index >= 15 is 0 Å². The van der Waals surface area contributed by atoms with Gasteiger partial charge in [-0.2, -0.15) is 0 Å². The Kier molecular flexibility index (Phi) is 5.46. The number of likely N-dealkylation sites (tertiary alicyclic amines) is 1. The van der Waals surface area contributed by atoms with Crippen LogP contribution in [0.5, 0.6) is 0 Å². The Morgan fingerprint density at radius 1 is 1.35 bits per heavy atom. The van der Waals surface area contributed by atoms with Gasteiger partial charge in [0.25, 0.3) is 0 Å². The molecule has 23 heavy (non-hydrogen) atoms. The van der Waals surface area contributed by atoms with Crippen LogP contribution in [0.2, 0.25) is 0 Å². The van der Waals surface area contributed by atoms with Crippen LogP contribution < -0.4 is 0 Å². The Bertz CT molecular complexity index is 599. The molecule has 0 aromatic carbocycles. The van der Waals surface area contributed by atoms with E-state index in [9.17, 15) is 0 Å². The topological polar surface area (TPSA) is 56.3 Å². The van der Waals surface area contributed by atoms with Gasteiger partial charge in [0, 0.05) is 38.0 Å². The Hall–Kier alpha value is -1.66. The number of rotatable bonds is 7. The molecule has 0 amide bonds. The number of methoxy groups -OCH3 is 1. The molecule has 2 aromatic heterocycles. The zero-order valence-electron chi connectivity index (χ0n) is 14.1. The highest BCUT2D eigenvalue weighted by atomic mass is 16.5. The minimum Gasteiger partial charge on any atom is -0.383 e. The van der Waals surface area contributed by atoms with Crippen LogP contribution in [0.4, 0.5) is 0 Å². The van der Waals surface area contributed by atoms with Crippen LogP contribution in [0.1, 0.15) is 43.0 Å². The highest BCUT2D eigenvalue weighted by molar-refractivity contribution is 5.06. The van der Waals surface area contributed by atoms with Crippen LogP contribution in [-0.4, -0.2) is 46.4 Å². The third kappa shape index (κ3) is 4.00. The van der Waals surface area contributed by atoms with Gasteiger partial charge in [-0.1, -0.05) is 12.1 Å². The standard InChI is InChI=1S/C17H26N4O2/c1-3-15-12-16(23-19-15)13-20-7-4-14(5-8-20)17-18-6-9-21(17)10-11-22-2/h6,9,12,14H,3-5,7-8,10-11,13H2,1-2H3. The molecule has 0 spiro atoms. The monoisotopic (exact) mass is 318 g/mol. The van der Waals surface area contributed by atoms with E-state index in [1.807, 2.05) is 6.20 Å². The fourth-order valence-corrected chi connectivity index (χ4v) is 3.23. The Balaban J connectivity index is 1.53. The molecule has 3 rings (SSSR count). The van der Waals surface area contributed by atoms with Crippen LogP contribution in [0.3, 0.4) is 0 Å². The van der Waals surface area contributed by atoms with E-state index in [0.717, 1.165) is 63.5 Å². The van der Waals surface area contributed by atoms with Gasteiger partial charge in [-0.3, -0.25) is 4.90 Å². The van der Waals surface area contributed by atoms with Gasteiger partial charge in [-0.05, 0) is 32.4 Å². The summed E-state index contributed by atoms with van der Waals surface area (Å²) in [6.45, 7) is 6.71. The van der Waals surface area contributed by atoms with Crippen molar-refractivity contribution in [2.45, 2.75) is 45.2 Å². The summed E-state index contributed by atoms with van der Waals surface area (Å²) >= 11 is 0. The summed E-state index contributed by atoms with van der Waals surface area (Å²) in [6.07, 6.45) is 7.16. The van der Waals surface area contributed by atoms with E-state index < -0.39 is 0 Å². The Morgan fingerprint density at radius 2 is 2.17 bits per heavy atom. The lowest BCUT2D eigenvalue weighted by molar-refractivity contribution is 0.173. The molecular formula is C17H26N4O2. The number of hydrogen-bond acceptors (Lipinski definition) is 5. The quantitative estimate of drug-likeness (QED) is 0.785. The molecule has 0 radical (unpaired) electrons. The number of nitrogens with zero attached hydrogens (tertiary/aromatic N) is 4. The smallest absolute Gasteiger partial charge is 0.150 e. The second-order valence-electron chi connectivity index (χ2n) is 6.16. The van der Waals surface area contributed by atoms with Crippen molar-refractivity contribution < 1.29 is 9.26 Å². The third-order valence-corrected chi connectivity index (χ3v) is 4.59. The fourth-order valence-electron chi connectivity index (χ4n) is 3.23. The van der Waals surface area contributed by atoms with Gasteiger partial charge in [0.1, 0.15) is 5.82 Å². The van der Waals surface area contributed by atoms with Gasteiger partial charge in [-0.25, -0.2) is 4.98 Å². The second kappa shape index (κ2) is 7.75. The molecule has 1 fully saturated rings. The van der Waals surface area contributed by atoms with Gasteiger partial charge in [-0.15, -0.1) is 0 Å². The zero-order chi connectivity index (χ0) is 16.1. The Labute approximate surface area is 137 Å². The highest BCUT2D eigenvalue weighted by Gasteiger charge is 2.24. The van der Waals surface area contributed by atoms with E-state index in [4.69, 9.17) is 9.26 Å². The van der Waals surface area contributed by atoms with Crippen molar-refractivity contribution in [3.63, 3.8) is 0 Å². The molecule has 126 valence electrons. The minimum atomic E-state index is 0.541. The van der Waals surface area contributed by atoms with Crippen LogP contribution in [0, 0.1) is 0 Å². The predicted octanol–water partition coefficient (Wildman–Crippen LogP) is 2.46. The van der Waals surface area contributed by atoms with Crippen molar-refractivity contribution in [3.05, 3.63) is 35.7 Å². The van der Waals surface area contributed by atoms with Crippen molar-refractivity contribution in [1.82, 2.24) is 19.6 Å². The van der Waals surface area contributed by atoms with Crippen LogP contribution in [-0.2, 0) is 24.2 Å². The first-order valence-electron chi connectivity index (χ1n) is 8.47. The molecular weight excluding hydrogens is 292 g/mol. The number of piperidine rings is 1. The second-order valence-corrected chi connectivity index (χ2v) is 6.16. The van der Waals surface area contributed by atoms with E-state index in [-0.39, 0.29) is 0 Å². The van der Waals surface area contributed by atoms with Crippen LogP contribution in [0.15, 0.2) is 23.0 Å². The fraction of sp³-hybridized carbons (Fsp3) is 0.647. The van der Waals surface area contributed by atoms with Crippen molar-refractivity contribution in [3.8, 4) is 0 Å². The van der Waals surface area contributed by atoms with Crippen molar-refractivity contribution in [1.29, 1.82) is 0 Å². The maximum absolute atomic E-state index is 5.40. The van der Waals surface area contributed by atoms with Crippen LogP contribution >= 0.6 is 0 Å². The number of imidazole rings is 1. The summed E-state index contributed by atoms with van der Waals surface area (Å²) < 4.78 is 12.8. The van der Waals surface area contributed by atoms with Crippen LogP contribution in [0.25, 0.3) is 0 Å². The molecule has 2 aromatic rings. The van der Waals surface area contributed by atoms with Gasteiger partial charge in [0.05, 0.1) is 18.8 Å². The number of ether oxygens (including phenoxy) is 1. The number of hydrogen-bond donors (Lipinski definition) is 0. The van der Waals surface area contributed by atoms with Gasteiger partial charge < -0.3 is 13.8 Å². The highest BCUT2D eigenvalue weighted by Crippen LogP contribution is 2.27. The van der Waals surface area contributed by atoms with E-state index in [1.54, 1.807) is 7.11 Å². The van der Waals surface area contributed by atoms with E-state index in [2.05, 4.69) is 38.8 Å². The van der Waals surface area contributed by atoms with E-state index in [1.165, 1.54) is 5.82 Å². The van der Waals surface area contributed by atoms with Gasteiger partial charge >= 0.3 is 0 Å². The van der Waals surface area contributed by atoms with E-state index in [0.29, 0.717) is 5.92 Å². The number of aromatic nitrogens is 3. The summed E-state index contributed by atoms with van der Waals surface area (Å²) in [4.78, 5) is 7.02. The third-order valence-electron chi connectivity index (χ3n) is 4.59. The zero-order valence-corrected chi connectivity index (χ0v) is 14.1. The summed E-state index contributed by atoms with van der Waals surface area (Å²) in [5.41, 5.74) is 1.04. The molecule has 3 heterocycles. The molecule has 6 heteroatoms.